The number of piperidine rings is 1. The minimum absolute atomic E-state index is 0. The summed E-state index contributed by atoms with van der Waals surface area (Å²) in [6.45, 7) is 7.68. The molecule has 0 saturated carbocycles. The van der Waals surface area contributed by atoms with E-state index < -0.39 is 12.0 Å². The number of nitrogens with one attached hydrogen (secondary N) is 2. The van der Waals surface area contributed by atoms with E-state index in [1.807, 2.05) is 25.5 Å². The second-order valence-corrected chi connectivity index (χ2v) is 6.63. The van der Waals surface area contributed by atoms with E-state index in [0.717, 1.165) is 31.6 Å². The van der Waals surface area contributed by atoms with Gasteiger partial charge in [-0.25, -0.2) is 9.48 Å². The van der Waals surface area contributed by atoms with Gasteiger partial charge in [-0.2, -0.15) is 0 Å². The lowest BCUT2D eigenvalue weighted by Crippen LogP contribution is -2.42. The van der Waals surface area contributed by atoms with E-state index in [9.17, 15) is 9.59 Å². The van der Waals surface area contributed by atoms with Crippen LogP contribution < -0.4 is 10.6 Å². The molecule has 9 heteroatoms. The van der Waals surface area contributed by atoms with Crippen LogP contribution in [0.3, 0.4) is 0 Å². The second kappa shape index (κ2) is 9.72. The van der Waals surface area contributed by atoms with E-state index in [1.165, 1.54) is 7.11 Å². The second-order valence-electron chi connectivity index (χ2n) is 6.63. The third-order valence-corrected chi connectivity index (χ3v) is 4.30. The molecule has 1 aliphatic heterocycles. The van der Waals surface area contributed by atoms with Crippen molar-refractivity contribution in [2.45, 2.75) is 52.1 Å². The number of carbonyl (C=O) groups is 2. The van der Waals surface area contributed by atoms with E-state index >= 15 is 0 Å². The number of hydrogen-bond acceptors (Lipinski definition) is 6. The van der Waals surface area contributed by atoms with Gasteiger partial charge in [-0.15, -0.1) is 17.5 Å². The average molecular weight is 374 g/mol. The number of amides is 1. The molecule has 2 heterocycles. The van der Waals surface area contributed by atoms with E-state index in [-0.39, 0.29) is 36.0 Å². The number of methoxy groups -OCH3 is 1. The summed E-state index contributed by atoms with van der Waals surface area (Å²) in [5.41, 5.74) is 0.999. The predicted octanol–water partition coefficient (Wildman–Crippen LogP) is 1.25. The lowest BCUT2D eigenvalue weighted by atomic mass is 10.0. The minimum atomic E-state index is -0.675. The van der Waals surface area contributed by atoms with Gasteiger partial charge < -0.3 is 15.4 Å². The molecule has 1 aromatic rings. The van der Waals surface area contributed by atoms with E-state index in [1.54, 1.807) is 0 Å². The Kier molecular flexibility index (Phi) is 8.31. The fraction of sp³-hybridized carbons (Fsp3) is 0.750. The summed E-state index contributed by atoms with van der Waals surface area (Å²) in [6, 6.07) is -0.418. The molecular weight excluding hydrogens is 346 g/mol. The zero-order valence-corrected chi connectivity index (χ0v) is 16.1. The van der Waals surface area contributed by atoms with Gasteiger partial charge in [-0.05, 0) is 45.2 Å². The Bertz CT molecular complexity index is 584. The molecule has 25 heavy (non-hydrogen) atoms. The van der Waals surface area contributed by atoms with Crippen molar-refractivity contribution in [3.8, 4) is 0 Å². The van der Waals surface area contributed by atoms with Crippen molar-refractivity contribution < 1.29 is 14.3 Å². The van der Waals surface area contributed by atoms with Gasteiger partial charge >= 0.3 is 5.97 Å². The number of halogens is 1. The lowest BCUT2D eigenvalue weighted by Gasteiger charge is -2.23. The zero-order valence-electron chi connectivity index (χ0n) is 15.2. The highest BCUT2D eigenvalue weighted by atomic mass is 35.5. The van der Waals surface area contributed by atoms with Crippen molar-refractivity contribution in [3.05, 3.63) is 11.4 Å². The van der Waals surface area contributed by atoms with Gasteiger partial charge in [-0.3, -0.25) is 4.79 Å². The summed E-state index contributed by atoms with van der Waals surface area (Å²) in [5, 5.41) is 14.2. The van der Waals surface area contributed by atoms with Crippen LogP contribution in [0.15, 0.2) is 0 Å². The number of aromatic nitrogens is 3. The maximum absolute atomic E-state index is 12.5. The van der Waals surface area contributed by atoms with E-state index in [0.29, 0.717) is 6.42 Å². The van der Waals surface area contributed by atoms with Crippen LogP contribution in [0.2, 0.25) is 0 Å². The van der Waals surface area contributed by atoms with Crippen LogP contribution in [-0.4, -0.2) is 53.1 Å². The normalized spacial score (nSPS) is 16.2. The molecule has 1 aromatic heterocycles. The third-order valence-electron chi connectivity index (χ3n) is 4.30. The van der Waals surface area contributed by atoms with Crippen molar-refractivity contribution in [1.82, 2.24) is 25.6 Å². The average Bonchev–Trinajstić information content (AvgIpc) is 2.95. The van der Waals surface area contributed by atoms with Crippen molar-refractivity contribution in [2.24, 2.45) is 5.92 Å². The monoisotopic (exact) mass is 373 g/mol. The first-order valence-corrected chi connectivity index (χ1v) is 8.45. The largest absolute Gasteiger partial charge is 0.467 e. The van der Waals surface area contributed by atoms with Gasteiger partial charge in [0.05, 0.1) is 18.8 Å². The Morgan fingerprint density at radius 1 is 1.36 bits per heavy atom. The summed E-state index contributed by atoms with van der Waals surface area (Å²) in [5.74, 6) is -0.579. The molecule has 1 atom stereocenters. The summed E-state index contributed by atoms with van der Waals surface area (Å²) in [7, 11) is 1.32. The number of rotatable bonds is 6. The number of esters is 1. The van der Waals surface area contributed by atoms with Crippen LogP contribution >= 0.6 is 12.4 Å². The molecule has 1 amide bonds. The van der Waals surface area contributed by atoms with E-state index in [4.69, 9.17) is 4.74 Å². The molecule has 2 rings (SSSR count). The molecule has 1 unspecified atom stereocenters. The molecule has 1 fully saturated rings. The number of carbonyl (C=O) groups excluding carboxylic acids is 2. The Labute approximate surface area is 154 Å². The smallest absolute Gasteiger partial charge is 0.328 e. The molecule has 0 spiro atoms. The minimum Gasteiger partial charge on any atom is -0.467 e. The SMILES string of the molecule is COC(=O)C(CC(C)C)NC(=O)c1nnn(C2CCNCC2)c1C.Cl. The third kappa shape index (κ3) is 5.40. The lowest BCUT2D eigenvalue weighted by molar-refractivity contribution is -0.143. The fourth-order valence-corrected chi connectivity index (χ4v) is 3.00. The van der Waals surface area contributed by atoms with Crippen molar-refractivity contribution in [2.75, 3.05) is 20.2 Å². The van der Waals surface area contributed by atoms with Crippen molar-refractivity contribution in [1.29, 1.82) is 0 Å². The summed E-state index contributed by atoms with van der Waals surface area (Å²) in [6.07, 6.45) is 2.44. The van der Waals surface area contributed by atoms with Crippen LogP contribution in [-0.2, 0) is 9.53 Å². The van der Waals surface area contributed by atoms with Gasteiger partial charge in [0, 0.05) is 0 Å². The molecule has 142 valence electrons. The van der Waals surface area contributed by atoms with Gasteiger partial charge in [0.1, 0.15) is 6.04 Å². The molecule has 1 saturated heterocycles. The quantitative estimate of drug-likeness (QED) is 0.728. The summed E-state index contributed by atoms with van der Waals surface area (Å²) < 4.78 is 6.60. The van der Waals surface area contributed by atoms with Crippen LogP contribution in [0.4, 0.5) is 0 Å². The molecule has 0 aromatic carbocycles. The number of hydrogen-bond donors (Lipinski definition) is 2. The standard InChI is InChI=1S/C16H27N5O3.ClH/c1-10(2)9-13(16(23)24-4)18-15(22)14-11(3)21(20-19-14)12-5-7-17-8-6-12;/h10,12-13,17H,5-9H2,1-4H3,(H,18,22);1H. The molecular formula is C16H28ClN5O3. The molecule has 0 radical (unpaired) electrons. The Hall–Kier alpha value is -1.67. The molecule has 2 N–H and O–H groups in total. The Morgan fingerprint density at radius 3 is 2.56 bits per heavy atom. The Balaban J connectivity index is 0.00000312. The Morgan fingerprint density at radius 2 is 2.00 bits per heavy atom. The van der Waals surface area contributed by atoms with Gasteiger partial charge in [0.25, 0.3) is 5.91 Å². The maximum Gasteiger partial charge on any atom is 0.328 e. The van der Waals surface area contributed by atoms with Crippen molar-refractivity contribution in [3.63, 3.8) is 0 Å². The highest BCUT2D eigenvalue weighted by Gasteiger charge is 2.27. The van der Waals surface area contributed by atoms with Crippen LogP contribution in [0, 0.1) is 12.8 Å². The highest BCUT2D eigenvalue weighted by molar-refractivity contribution is 5.95. The first-order valence-electron chi connectivity index (χ1n) is 8.45. The van der Waals surface area contributed by atoms with Gasteiger partial charge in [0.15, 0.2) is 5.69 Å². The summed E-state index contributed by atoms with van der Waals surface area (Å²) in [4.78, 5) is 24.4. The molecule has 1 aliphatic rings. The van der Waals surface area contributed by atoms with Crippen LogP contribution in [0.5, 0.6) is 0 Å². The first-order chi connectivity index (χ1) is 11.4. The molecule has 0 aliphatic carbocycles. The highest BCUT2D eigenvalue weighted by Crippen LogP contribution is 2.20. The maximum atomic E-state index is 12.5. The first kappa shape index (κ1) is 21.4. The molecule has 8 nitrogen and oxygen atoms in total. The summed E-state index contributed by atoms with van der Waals surface area (Å²) >= 11 is 0. The zero-order chi connectivity index (χ0) is 17.7. The van der Waals surface area contributed by atoms with Crippen LogP contribution in [0.1, 0.15) is 55.3 Å². The topological polar surface area (TPSA) is 98.1 Å². The predicted molar refractivity (Wildman–Crippen MR) is 95.9 cm³/mol. The fourth-order valence-electron chi connectivity index (χ4n) is 3.00. The van der Waals surface area contributed by atoms with Crippen LogP contribution in [0.25, 0.3) is 0 Å². The van der Waals surface area contributed by atoms with Gasteiger partial charge in [0.2, 0.25) is 0 Å². The van der Waals surface area contributed by atoms with Gasteiger partial charge in [-0.1, -0.05) is 19.1 Å². The number of ether oxygens (including phenoxy) is 1. The molecule has 0 bridgehead atoms. The number of nitrogens with zero attached hydrogens (tertiary/aromatic N) is 3. The van der Waals surface area contributed by atoms with E-state index in [2.05, 4.69) is 20.9 Å². The van der Waals surface area contributed by atoms with Crippen molar-refractivity contribution >= 4 is 24.3 Å².